The highest BCUT2D eigenvalue weighted by molar-refractivity contribution is 7.98. The first-order chi connectivity index (χ1) is 9.72. The molecule has 0 saturated heterocycles. The lowest BCUT2D eigenvalue weighted by atomic mass is 10.2. The molecule has 1 atom stereocenters. The molecule has 0 bridgehead atoms. The van der Waals surface area contributed by atoms with Crippen molar-refractivity contribution in [3.8, 4) is 5.75 Å². The van der Waals surface area contributed by atoms with Gasteiger partial charge in [0.1, 0.15) is 24.3 Å². The summed E-state index contributed by atoms with van der Waals surface area (Å²) in [6.07, 6.45) is 5.17. The van der Waals surface area contributed by atoms with Crippen molar-refractivity contribution in [1.29, 1.82) is 0 Å². The van der Waals surface area contributed by atoms with E-state index in [0.717, 1.165) is 13.0 Å². The fourth-order valence-electron chi connectivity index (χ4n) is 1.72. The smallest absolute Gasteiger partial charge is 0.123 e. The molecule has 0 aromatic heterocycles. The monoisotopic (exact) mass is 301 g/mol. The maximum atomic E-state index is 12.7. The van der Waals surface area contributed by atoms with Gasteiger partial charge in [0.25, 0.3) is 0 Å². The highest BCUT2D eigenvalue weighted by atomic mass is 32.2. The van der Waals surface area contributed by atoms with Crippen LogP contribution in [0.2, 0.25) is 0 Å². The summed E-state index contributed by atoms with van der Waals surface area (Å²) in [5.74, 6) is 1.50. The lowest BCUT2D eigenvalue weighted by molar-refractivity contribution is 0.106. The Kier molecular flexibility index (Phi) is 9.45. The van der Waals surface area contributed by atoms with Crippen LogP contribution in [-0.4, -0.2) is 42.9 Å². The van der Waals surface area contributed by atoms with E-state index in [1.54, 1.807) is 12.1 Å². The van der Waals surface area contributed by atoms with Crippen molar-refractivity contribution in [1.82, 2.24) is 5.32 Å². The molecule has 3 nitrogen and oxygen atoms in total. The van der Waals surface area contributed by atoms with Crippen LogP contribution in [0.25, 0.3) is 0 Å². The zero-order chi connectivity index (χ0) is 14.6. The van der Waals surface area contributed by atoms with Gasteiger partial charge in [-0.25, -0.2) is 4.39 Å². The van der Waals surface area contributed by atoms with Crippen molar-refractivity contribution in [3.05, 3.63) is 30.1 Å². The average Bonchev–Trinajstić information content (AvgIpc) is 2.46. The van der Waals surface area contributed by atoms with E-state index < -0.39 is 6.10 Å². The predicted molar refractivity (Wildman–Crippen MR) is 83.0 cm³/mol. The normalized spacial score (nSPS) is 12.3. The van der Waals surface area contributed by atoms with Gasteiger partial charge in [-0.15, -0.1) is 0 Å². The van der Waals surface area contributed by atoms with Gasteiger partial charge in [0.05, 0.1) is 0 Å². The number of nitrogens with one attached hydrogen (secondary N) is 1. The molecule has 1 rings (SSSR count). The van der Waals surface area contributed by atoms with Gasteiger partial charge in [-0.2, -0.15) is 11.8 Å². The first-order valence-electron chi connectivity index (χ1n) is 6.98. The van der Waals surface area contributed by atoms with Crippen LogP contribution < -0.4 is 10.1 Å². The Morgan fingerprint density at radius 3 is 2.70 bits per heavy atom. The summed E-state index contributed by atoms with van der Waals surface area (Å²) >= 11 is 1.88. The van der Waals surface area contributed by atoms with Gasteiger partial charge in [-0.3, -0.25) is 0 Å². The van der Waals surface area contributed by atoms with Crippen LogP contribution in [0.15, 0.2) is 24.3 Å². The Labute approximate surface area is 124 Å². The maximum Gasteiger partial charge on any atom is 0.123 e. The maximum absolute atomic E-state index is 12.7. The highest BCUT2D eigenvalue weighted by Gasteiger charge is 2.04. The number of ether oxygens (including phenoxy) is 1. The van der Waals surface area contributed by atoms with E-state index in [1.807, 2.05) is 11.8 Å². The molecule has 114 valence electrons. The first kappa shape index (κ1) is 17.3. The lowest BCUT2D eigenvalue weighted by Crippen LogP contribution is -2.32. The molecule has 0 fully saturated rings. The number of rotatable bonds is 11. The second-order valence-electron chi connectivity index (χ2n) is 4.68. The van der Waals surface area contributed by atoms with Crippen molar-refractivity contribution < 1.29 is 14.2 Å². The minimum Gasteiger partial charge on any atom is -0.491 e. The molecule has 20 heavy (non-hydrogen) atoms. The Balaban J connectivity index is 2.00. The topological polar surface area (TPSA) is 41.5 Å². The fourth-order valence-corrected chi connectivity index (χ4v) is 2.22. The van der Waals surface area contributed by atoms with E-state index in [0.29, 0.717) is 12.3 Å². The quantitative estimate of drug-likeness (QED) is 0.617. The van der Waals surface area contributed by atoms with Crippen molar-refractivity contribution >= 4 is 11.8 Å². The predicted octanol–water partition coefficient (Wildman–Crippen LogP) is 2.69. The number of thioether (sulfide) groups is 1. The van der Waals surface area contributed by atoms with Crippen LogP contribution in [0.4, 0.5) is 4.39 Å². The molecule has 0 aliphatic carbocycles. The molecule has 1 aromatic carbocycles. The highest BCUT2D eigenvalue weighted by Crippen LogP contribution is 2.11. The zero-order valence-electron chi connectivity index (χ0n) is 12.0. The first-order valence-corrected chi connectivity index (χ1v) is 8.38. The summed E-state index contributed by atoms with van der Waals surface area (Å²) in [5.41, 5.74) is 0. The molecule has 0 radical (unpaired) electrons. The molecule has 0 aliphatic heterocycles. The molecule has 0 spiro atoms. The van der Waals surface area contributed by atoms with E-state index in [9.17, 15) is 9.50 Å². The van der Waals surface area contributed by atoms with E-state index in [-0.39, 0.29) is 12.4 Å². The van der Waals surface area contributed by atoms with E-state index >= 15 is 0 Å². The number of hydrogen-bond acceptors (Lipinski definition) is 4. The van der Waals surface area contributed by atoms with Crippen LogP contribution in [0.1, 0.15) is 19.3 Å². The van der Waals surface area contributed by atoms with Crippen molar-refractivity contribution in [2.24, 2.45) is 0 Å². The van der Waals surface area contributed by atoms with Crippen molar-refractivity contribution in [2.75, 3.05) is 31.7 Å². The standard InChI is InChI=1S/C15H24FNO2S/c1-20-10-4-2-3-9-17-11-14(18)12-19-15-7-5-13(16)6-8-15/h5-8,14,17-18H,2-4,9-12H2,1H3. The lowest BCUT2D eigenvalue weighted by Gasteiger charge is -2.13. The van der Waals surface area contributed by atoms with Crippen LogP contribution in [0.5, 0.6) is 5.75 Å². The van der Waals surface area contributed by atoms with Gasteiger partial charge in [-0.05, 0) is 55.7 Å². The van der Waals surface area contributed by atoms with Gasteiger partial charge < -0.3 is 15.2 Å². The second-order valence-corrected chi connectivity index (χ2v) is 5.66. The second kappa shape index (κ2) is 10.9. The average molecular weight is 301 g/mol. The molecule has 1 unspecified atom stereocenters. The third-order valence-electron chi connectivity index (χ3n) is 2.84. The third-order valence-corrected chi connectivity index (χ3v) is 3.53. The Bertz CT molecular complexity index is 348. The summed E-state index contributed by atoms with van der Waals surface area (Å²) in [6.45, 7) is 1.65. The number of halogens is 1. The fraction of sp³-hybridized carbons (Fsp3) is 0.600. The Morgan fingerprint density at radius 1 is 1.25 bits per heavy atom. The molecule has 0 amide bonds. The molecule has 0 saturated carbocycles. The molecule has 0 aliphatic rings. The molecule has 2 N–H and O–H groups in total. The van der Waals surface area contributed by atoms with Crippen molar-refractivity contribution in [2.45, 2.75) is 25.4 Å². The minimum atomic E-state index is -0.550. The minimum absolute atomic E-state index is 0.213. The SMILES string of the molecule is CSCCCCCNCC(O)COc1ccc(F)cc1. The van der Waals surface area contributed by atoms with Crippen molar-refractivity contribution in [3.63, 3.8) is 0 Å². The Hall–Kier alpha value is -0.780. The third kappa shape index (κ3) is 8.40. The van der Waals surface area contributed by atoms with Crippen LogP contribution >= 0.6 is 11.8 Å². The summed E-state index contributed by atoms with van der Waals surface area (Å²) in [7, 11) is 0. The number of hydrogen-bond donors (Lipinski definition) is 2. The van der Waals surface area contributed by atoms with Gasteiger partial charge in [-0.1, -0.05) is 6.42 Å². The Morgan fingerprint density at radius 2 is 2.00 bits per heavy atom. The van der Waals surface area contributed by atoms with E-state index in [4.69, 9.17) is 4.74 Å². The summed E-state index contributed by atoms with van der Waals surface area (Å²) in [6, 6.07) is 5.80. The van der Waals surface area contributed by atoms with Crippen LogP contribution in [0, 0.1) is 5.82 Å². The number of benzene rings is 1. The molecule has 1 aromatic rings. The van der Waals surface area contributed by atoms with Crippen LogP contribution in [-0.2, 0) is 0 Å². The summed E-state index contributed by atoms with van der Waals surface area (Å²) in [5, 5.41) is 13.0. The number of aliphatic hydroxyl groups excluding tert-OH is 1. The van der Waals surface area contributed by atoms with E-state index in [2.05, 4.69) is 11.6 Å². The van der Waals surface area contributed by atoms with Gasteiger partial charge in [0, 0.05) is 6.54 Å². The summed E-state index contributed by atoms with van der Waals surface area (Å²) in [4.78, 5) is 0. The van der Waals surface area contributed by atoms with Gasteiger partial charge >= 0.3 is 0 Å². The summed E-state index contributed by atoms with van der Waals surface area (Å²) < 4.78 is 18.1. The molecular weight excluding hydrogens is 277 g/mol. The zero-order valence-corrected chi connectivity index (χ0v) is 12.8. The number of unbranched alkanes of at least 4 members (excludes halogenated alkanes) is 2. The van der Waals surface area contributed by atoms with Gasteiger partial charge in [0.15, 0.2) is 0 Å². The molecular formula is C15H24FNO2S. The molecule has 0 heterocycles. The molecule has 5 heteroatoms. The van der Waals surface area contributed by atoms with Crippen LogP contribution in [0.3, 0.4) is 0 Å². The van der Waals surface area contributed by atoms with Gasteiger partial charge in [0.2, 0.25) is 0 Å². The largest absolute Gasteiger partial charge is 0.491 e. The van der Waals surface area contributed by atoms with E-state index in [1.165, 1.54) is 30.7 Å². The number of aliphatic hydroxyl groups is 1.